The third-order valence-corrected chi connectivity index (χ3v) is 4.95. The highest BCUT2D eigenvalue weighted by Gasteiger charge is 2.35. The maximum atomic E-state index is 11.0. The maximum Gasteiger partial charge on any atom is 0.157 e. The molecule has 0 saturated carbocycles. The zero-order valence-electron chi connectivity index (χ0n) is 9.67. The van der Waals surface area contributed by atoms with E-state index in [2.05, 4.69) is 15.9 Å². The van der Waals surface area contributed by atoms with Gasteiger partial charge in [0, 0.05) is 6.54 Å². The molecular formula is C12H14BrNO3S. The van der Waals surface area contributed by atoms with Crippen LogP contribution in [0.25, 0.3) is 6.08 Å². The molecule has 2 N–H and O–H groups in total. The maximum absolute atomic E-state index is 11.0. The lowest BCUT2D eigenvalue weighted by Crippen LogP contribution is -2.45. The molecule has 0 spiro atoms. The molecular weight excluding hydrogens is 318 g/mol. The van der Waals surface area contributed by atoms with Crippen molar-refractivity contribution in [1.29, 1.82) is 0 Å². The van der Waals surface area contributed by atoms with Gasteiger partial charge in [-0.1, -0.05) is 18.2 Å². The number of hydrogen-bond acceptors (Lipinski definition) is 4. The Labute approximate surface area is 115 Å². The zero-order valence-corrected chi connectivity index (χ0v) is 12.1. The Kier molecular flexibility index (Phi) is 4.09. The number of halogens is 1. The second kappa shape index (κ2) is 5.42. The Balaban J connectivity index is 2.04. The predicted molar refractivity (Wildman–Crippen MR) is 75.3 cm³/mol. The molecule has 1 saturated heterocycles. The molecule has 18 heavy (non-hydrogen) atoms. The van der Waals surface area contributed by atoms with Crippen molar-refractivity contribution in [3.63, 3.8) is 0 Å². The van der Waals surface area contributed by atoms with Crippen LogP contribution >= 0.6 is 15.9 Å². The van der Waals surface area contributed by atoms with E-state index in [1.807, 2.05) is 30.4 Å². The van der Waals surface area contributed by atoms with Crippen molar-refractivity contribution in [3.05, 3.63) is 34.3 Å². The molecule has 6 heteroatoms. The fourth-order valence-electron chi connectivity index (χ4n) is 1.69. The first-order chi connectivity index (χ1) is 8.50. The van der Waals surface area contributed by atoms with Gasteiger partial charge in [-0.2, -0.15) is 0 Å². The topological polar surface area (TPSA) is 69.4 Å². The SMILES string of the molecule is NC/C=C/c1ccc(OC2CS(=O)(=O)C2)c(Br)c1. The summed E-state index contributed by atoms with van der Waals surface area (Å²) in [6.45, 7) is 0.496. The van der Waals surface area contributed by atoms with Crippen LogP contribution in [0.4, 0.5) is 0 Å². The number of hydrogen-bond donors (Lipinski definition) is 1. The molecule has 4 nitrogen and oxygen atoms in total. The van der Waals surface area contributed by atoms with Gasteiger partial charge in [0.1, 0.15) is 11.9 Å². The van der Waals surface area contributed by atoms with Crippen LogP contribution in [0.15, 0.2) is 28.7 Å². The summed E-state index contributed by atoms with van der Waals surface area (Å²) in [6, 6.07) is 5.64. The largest absolute Gasteiger partial charge is 0.487 e. The predicted octanol–water partition coefficient (Wildman–Crippen LogP) is 1.60. The first-order valence-electron chi connectivity index (χ1n) is 5.53. The van der Waals surface area contributed by atoms with Crippen LogP contribution < -0.4 is 10.5 Å². The summed E-state index contributed by atoms with van der Waals surface area (Å²) in [6.07, 6.45) is 3.56. The van der Waals surface area contributed by atoms with Crippen LogP contribution in [0.2, 0.25) is 0 Å². The second-order valence-corrected chi connectivity index (χ2v) is 7.15. The van der Waals surface area contributed by atoms with Gasteiger partial charge in [-0.25, -0.2) is 8.42 Å². The minimum atomic E-state index is -2.85. The van der Waals surface area contributed by atoms with Crippen LogP contribution in [-0.4, -0.2) is 32.6 Å². The van der Waals surface area contributed by atoms with Crippen molar-refractivity contribution in [2.24, 2.45) is 5.73 Å². The Morgan fingerprint density at radius 3 is 2.72 bits per heavy atom. The van der Waals surface area contributed by atoms with Gasteiger partial charge in [-0.05, 0) is 33.6 Å². The summed E-state index contributed by atoms with van der Waals surface area (Å²) in [5, 5.41) is 0. The Morgan fingerprint density at radius 1 is 1.44 bits per heavy atom. The fourth-order valence-corrected chi connectivity index (χ4v) is 3.35. The molecule has 1 aliphatic heterocycles. The quantitative estimate of drug-likeness (QED) is 0.909. The molecule has 0 radical (unpaired) electrons. The van der Waals surface area contributed by atoms with Crippen molar-refractivity contribution >= 4 is 31.8 Å². The fraction of sp³-hybridized carbons (Fsp3) is 0.333. The molecule has 0 atom stereocenters. The number of nitrogens with two attached hydrogens (primary N) is 1. The van der Waals surface area contributed by atoms with Gasteiger partial charge in [0.05, 0.1) is 16.0 Å². The molecule has 1 aromatic rings. The number of benzene rings is 1. The summed E-state index contributed by atoms with van der Waals surface area (Å²) in [5.74, 6) is 0.877. The molecule has 2 rings (SSSR count). The van der Waals surface area contributed by atoms with Crippen molar-refractivity contribution in [1.82, 2.24) is 0 Å². The van der Waals surface area contributed by atoms with Gasteiger partial charge in [0.2, 0.25) is 0 Å². The van der Waals surface area contributed by atoms with E-state index in [0.717, 1.165) is 10.0 Å². The lowest BCUT2D eigenvalue weighted by Gasteiger charge is -2.27. The van der Waals surface area contributed by atoms with Crippen molar-refractivity contribution in [3.8, 4) is 5.75 Å². The summed E-state index contributed by atoms with van der Waals surface area (Å²) in [4.78, 5) is 0. The highest BCUT2D eigenvalue weighted by atomic mass is 79.9. The van der Waals surface area contributed by atoms with E-state index < -0.39 is 9.84 Å². The molecule has 98 valence electrons. The molecule has 1 aromatic carbocycles. The van der Waals surface area contributed by atoms with Crippen LogP contribution in [0.1, 0.15) is 5.56 Å². The third kappa shape index (κ3) is 3.34. The normalized spacial score (nSPS) is 18.8. The molecule has 1 fully saturated rings. The summed E-state index contributed by atoms with van der Waals surface area (Å²) in [7, 11) is -2.85. The molecule has 0 aliphatic carbocycles. The Hall–Kier alpha value is -0.850. The monoisotopic (exact) mass is 331 g/mol. The van der Waals surface area contributed by atoms with Crippen LogP contribution in [-0.2, 0) is 9.84 Å². The van der Waals surface area contributed by atoms with Crippen molar-refractivity contribution in [2.75, 3.05) is 18.1 Å². The summed E-state index contributed by atoms with van der Waals surface area (Å²) in [5.41, 5.74) is 6.40. The molecule has 1 heterocycles. The number of sulfone groups is 1. The van der Waals surface area contributed by atoms with Crippen molar-refractivity contribution in [2.45, 2.75) is 6.10 Å². The first kappa shape index (κ1) is 13.6. The van der Waals surface area contributed by atoms with Gasteiger partial charge >= 0.3 is 0 Å². The standard InChI is InChI=1S/C12H14BrNO3S/c13-11-6-9(2-1-5-14)3-4-12(11)17-10-7-18(15,16)8-10/h1-4,6,10H,5,7-8,14H2/b2-1+. The first-order valence-corrected chi connectivity index (χ1v) is 8.15. The van der Waals surface area contributed by atoms with Gasteiger partial charge < -0.3 is 10.5 Å². The minimum absolute atomic E-state index is 0.105. The Morgan fingerprint density at radius 2 is 2.17 bits per heavy atom. The van der Waals surface area contributed by atoms with E-state index in [1.54, 1.807) is 0 Å². The van der Waals surface area contributed by atoms with Gasteiger partial charge in [0.25, 0.3) is 0 Å². The average molecular weight is 332 g/mol. The van der Waals surface area contributed by atoms with E-state index in [4.69, 9.17) is 10.5 Å². The van der Waals surface area contributed by atoms with Crippen LogP contribution in [0.3, 0.4) is 0 Å². The van der Waals surface area contributed by atoms with Gasteiger partial charge in [-0.3, -0.25) is 0 Å². The minimum Gasteiger partial charge on any atom is -0.487 e. The van der Waals surface area contributed by atoms with Crippen LogP contribution in [0.5, 0.6) is 5.75 Å². The highest BCUT2D eigenvalue weighted by Crippen LogP contribution is 2.29. The summed E-state index contributed by atoms with van der Waals surface area (Å²) < 4.78 is 28.5. The van der Waals surface area contributed by atoms with Crippen molar-refractivity contribution < 1.29 is 13.2 Å². The lowest BCUT2D eigenvalue weighted by atomic mass is 10.2. The molecule has 0 aromatic heterocycles. The molecule has 0 unspecified atom stereocenters. The third-order valence-electron chi connectivity index (χ3n) is 2.58. The van der Waals surface area contributed by atoms with Gasteiger partial charge in [0.15, 0.2) is 9.84 Å². The lowest BCUT2D eigenvalue weighted by molar-refractivity contribution is 0.229. The van der Waals surface area contributed by atoms with Gasteiger partial charge in [-0.15, -0.1) is 0 Å². The van der Waals surface area contributed by atoms with E-state index in [-0.39, 0.29) is 17.6 Å². The smallest absolute Gasteiger partial charge is 0.157 e. The molecule has 0 amide bonds. The highest BCUT2D eigenvalue weighted by molar-refractivity contribution is 9.10. The van der Waals surface area contributed by atoms with E-state index >= 15 is 0 Å². The van der Waals surface area contributed by atoms with E-state index in [1.165, 1.54) is 0 Å². The molecule has 1 aliphatic rings. The van der Waals surface area contributed by atoms with Crippen LogP contribution in [0, 0.1) is 0 Å². The summed E-state index contributed by atoms with van der Waals surface area (Å²) >= 11 is 3.41. The molecule has 0 bridgehead atoms. The average Bonchev–Trinajstić information content (AvgIpc) is 2.27. The second-order valence-electron chi connectivity index (χ2n) is 4.14. The number of rotatable bonds is 4. The number of ether oxygens (including phenoxy) is 1. The zero-order chi connectivity index (χ0) is 13.2. The van der Waals surface area contributed by atoms with E-state index in [9.17, 15) is 8.42 Å². The Bertz CT molecular complexity index is 557. The van der Waals surface area contributed by atoms with E-state index in [0.29, 0.717) is 12.3 Å².